The maximum absolute atomic E-state index is 6.27. The second-order valence-corrected chi connectivity index (χ2v) is 7.73. The Hall–Kier alpha value is -0.340. The minimum Gasteiger partial charge on any atom is -0.372 e. The molecule has 1 fully saturated rings. The SMILES string of the molecule is CC1(C)CCC(CC2(CBr)CCCc3ccccc32)O1. The van der Waals surface area contributed by atoms with Gasteiger partial charge in [-0.15, -0.1) is 0 Å². The van der Waals surface area contributed by atoms with Gasteiger partial charge in [-0.2, -0.15) is 0 Å². The summed E-state index contributed by atoms with van der Waals surface area (Å²) in [5, 5.41) is 1.05. The third kappa shape index (κ3) is 2.69. The molecule has 20 heavy (non-hydrogen) atoms. The second-order valence-electron chi connectivity index (χ2n) is 7.17. The molecule has 0 amide bonds. The molecule has 1 nitrogen and oxygen atoms in total. The first-order valence-corrected chi connectivity index (χ1v) is 8.99. The fourth-order valence-corrected chi connectivity index (χ4v) is 4.88. The standard InChI is InChI=1S/C18H25BrO/c1-17(2)11-9-15(20-17)12-18(13-19)10-5-7-14-6-3-4-8-16(14)18/h3-4,6,8,15H,5,7,9-13H2,1-2H3. The van der Waals surface area contributed by atoms with E-state index in [1.54, 1.807) is 11.1 Å². The summed E-state index contributed by atoms with van der Waals surface area (Å²) in [4.78, 5) is 0. The average Bonchev–Trinajstić information content (AvgIpc) is 2.78. The third-order valence-corrected chi connectivity index (χ3v) is 6.19. The zero-order valence-electron chi connectivity index (χ0n) is 12.6. The van der Waals surface area contributed by atoms with Crippen LogP contribution in [0, 0.1) is 0 Å². The van der Waals surface area contributed by atoms with Crippen molar-refractivity contribution in [3.8, 4) is 0 Å². The number of ether oxygens (including phenoxy) is 1. The summed E-state index contributed by atoms with van der Waals surface area (Å²) < 4.78 is 6.27. The van der Waals surface area contributed by atoms with Crippen LogP contribution in [0.2, 0.25) is 0 Å². The molecule has 2 aliphatic rings. The predicted molar refractivity (Wildman–Crippen MR) is 87.7 cm³/mol. The van der Waals surface area contributed by atoms with Crippen LogP contribution in [-0.4, -0.2) is 17.0 Å². The average molecular weight is 337 g/mol. The van der Waals surface area contributed by atoms with Gasteiger partial charge in [0.1, 0.15) is 0 Å². The van der Waals surface area contributed by atoms with Gasteiger partial charge in [0.25, 0.3) is 0 Å². The lowest BCUT2D eigenvalue weighted by atomic mass is 9.68. The van der Waals surface area contributed by atoms with Gasteiger partial charge in [-0.05, 0) is 63.5 Å². The lowest BCUT2D eigenvalue weighted by molar-refractivity contribution is -0.0271. The molecule has 3 rings (SSSR count). The molecule has 2 atom stereocenters. The first kappa shape index (κ1) is 14.6. The molecular formula is C18H25BrO. The Labute approximate surface area is 131 Å². The van der Waals surface area contributed by atoms with Gasteiger partial charge >= 0.3 is 0 Å². The molecule has 110 valence electrons. The van der Waals surface area contributed by atoms with E-state index < -0.39 is 0 Å². The van der Waals surface area contributed by atoms with E-state index in [0.717, 1.165) is 5.33 Å². The van der Waals surface area contributed by atoms with Gasteiger partial charge in [0.05, 0.1) is 11.7 Å². The summed E-state index contributed by atoms with van der Waals surface area (Å²) in [5.74, 6) is 0. The summed E-state index contributed by atoms with van der Waals surface area (Å²) in [7, 11) is 0. The number of halogens is 1. The summed E-state index contributed by atoms with van der Waals surface area (Å²) >= 11 is 3.82. The maximum atomic E-state index is 6.27. The Morgan fingerprint density at radius 3 is 2.75 bits per heavy atom. The van der Waals surface area contributed by atoms with Crippen molar-refractivity contribution >= 4 is 15.9 Å². The molecule has 1 aliphatic heterocycles. The molecule has 0 aromatic heterocycles. The number of hydrogen-bond donors (Lipinski definition) is 0. The molecular weight excluding hydrogens is 312 g/mol. The van der Waals surface area contributed by atoms with Crippen LogP contribution in [0.5, 0.6) is 0 Å². The summed E-state index contributed by atoms with van der Waals surface area (Å²) in [6, 6.07) is 9.03. The minimum absolute atomic E-state index is 0.0757. The third-order valence-electron chi connectivity index (χ3n) is 5.12. The summed E-state index contributed by atoms with van der Waals surface area (Å²) in [6.07, 6.45) is 7.82. The normalized spacial score (nSPS) is 32.0. The quantitative estimate of drug-likeness (QED) is 0.705. The van der Waals surface area contributed by atoms with E-state index in [9.17, 15) is 0 Å². The molecule has 1 saturated heterocycles. The number of benzene rings is 1. The van der Waals surface area contributed by atoms with Crippen molar-refractivity contribution in [3.63, 3.8) is 0 Å². The molecule has 0 radical (unpaired) electrons. The Kier molecular flexibility index (Phi) is 3.98. The van der Waals surface area contributed by atoms with Crippen molar-refractivity contribution in [1.29, 1.82) is 0 Å². The van der Waals surface area contributed by atoms with Crippen molar-refractivity contribution in [2.45, 2.75) is 69.5 Å². The van der Waals surface area contributed by atoms with Gasteiger partial charge in [0.2, 0.25) is 0 Å². The lowest BCUT2D eigenvalue weighted by Gasteiger charge is -2.40. The second kappa shape index (κ2) is 5.46. The molecule has 0 bridgehead atoms. The van der Waals surface area contributed by atoms with Crippen LogP contribution in [0.4, 0.5) is 0 Å². The highest BCUT2D eigenvalue weighted by atomic mass is 79.9. The van der Waals surface area contributed by atoms with Crippen molar-refractivity contribution in [2.75, 3.05) is 5.33 Å². The highest BCUT2D eigenvalue weighted by Gasteiger charge is 2.41. The molecule has 0 spiro atoms. The van der Waals surface area contributed by atoms with Crippen molar-refractivity contribution in [1.82, 2.24) is 0 Å². The van der Waals surface area contributed by atoms with Gasteiger partial charge in [0, 0.05) is 10.7 Å². The van der Waals surface area contributed by atoms with Gasteiger partial charge in [-0.3, -0.25) is 0 Å². The van der Waals surface area contributed by atoms with E-state index >= 15 is 0 Å². The first-order valence-electron chi connectivity index (χ1n) is 7.87. The topological polar surface area (TPSA) is 9.23 Å². The van der Waals surface area contributed by atoms with Crippen LogP contribution in [0.25, 0.3) is 0 Å². The van der Waals surface area contributed by atoms with Crippen molar-refractivity contribution in [3.05, 3.63) is 35.4 Å². The highest BCUT2D eigenvalue weighted by Crippen LogP contribution is 2.45. The largest absolute Gasteiger partial charge is 0.372 e. The van der Waals surface area contributed by atoms with Crippen LogP contribution >= 0.6 is 15.9 Å². The minimum atomic E-state index is 0.0757. The van der Waals surface area contributed by atoms with Crippen molar-refractivity contribution < 1.29 is 4.74 Å². The van der Waals surface area contributed by atoms with E-state index in [2.05, 4.69) is 54.0 Å². The molecule has 1 aliphatic carbocycles. The molecule has 0 saturated carbocycles. The van der Waals surface area contributed by atoms with Crippen LogP contribution in [0.15, 0.2) is 24.3 Å². The zero-order valence-corrected chi connectivity index (χ0v) is 14.2. The Bertz CT molecular complexity index is 482. The highest BCUT2D eigenvalue weighted by molar-refractivity contribution is 9.09. The van der Waals surface area contributed by atoms with Gasteiger partial charge in [0.15, 0.2) is 0 Å². The molecule has 0 N–H and O–H groups in total. The lowest BCUT2D eigenvalue weighted by Crippen LogP contribution is -2.37. The molecule has 2 unspecified atom stereocenters. The van der Waals surface area contributed by atoms with Gasteiger partial charge < -0.3 is 4.74 Å². The maximum Gasteiger partial charge on any atom is 0.0631 e. The van der Waals surface area contributed by atoms with E-state index in [1.165, 1.54) is 38.5 Å². The van der Waals surface area contributed by atoms with E-state index in [-0.39, 0.29) is 11.0 Å². The van der Waals surface area contributed by atoms with Crippen LogP contribution in [-0.2, 0) is 16.6 Å². The Morgan fingerprint density at radius 2 is 2.05 bits per heavy atom. The summed E-state index contributed by atoms with van der Waals surface area (Å²) in [5.41, 5.74) is 3.47. The first-order chi connectivity index (χ1) is 9.55. The van der Waals surface area contributed by atoms with Gasteiger partial charge in [-0.1, -0.05) is 40.2 Å². The summed E-state index contributed by atoms with van der Waals surface area (Å²) in [6.45, 7) is 4.45. The number of hydrogen-bond acceptors (Lipinski definition) is 1. The molecule has 1 aromatic carbocycles. The molecule has 1 heterocycles. The molecule has 1 aromatic rings. The van der Waals surface area contributed by atoms with E-state index in [1.807, 2.05) is 0 Å². The van der Waals surface area contributed by atoms with Crippen molar-refractivity contribution in [2.24, 2.45) is 0 Å². The Morgan fingerprint density at radius 1 is 1.25 bits per heavy atom. The molecule has 2 heteroatoms. The number of aryl methyl sites for hydroxylation is 1. The van der Waals surface area contributed by atoms with Gasteiger partial charge in [-0.25, -0.2) is 0 Å². The van der Waals surface area contributed by atoms with Crippen LogP contribution in [0.1, 0.15) is 57.1 Å². The number of alkyl halides is 1. The number of rotatable bonds is 3. The monoisotopic (exact) mass is 336 g/mol. The zero-order chi connectivity index (χ0) is 14.2. The fourth-order valence-electron chi connectivity index (χ4n) is 4.07. The number of fused-ring (bicyclic) bond motifs is 1. The van der Waals surface area contributed by atoms with E-state index in [4.69, 9.17) is 4.74 Å². The predicted octanol–water partition coefficient (Wildman–Crippen LogP) is 5.00. The van der Waals surface area contributed by atoms with E-state index in [0.29, 0.717) is 6.10 Å². The van der Waals surface area contributed by atoms with Crippen LogP contribution < -0.4 is 0 Å². The Balaban J connectivity index is 1.86. The fraction of sp³-hybridized carbons (Fsp3) is 0.667. The smallest absolute Gasteiger partial charge is 0.0631 e. The van der Waals surface area contributed by atoms with Crippen LogP contribution in [0.3, 0.4) is 0 Å².